The van der Waals surface area contributed by atoms with Crippen molar-refractivity contribution in [2.75, 3.05) is 33.8 Å². The van der Waals surface area contributed by atoms with E-state index in [9.17, 15) is 9.50 Å². The minimum Gasteiger partial charge on any atom is -0.492 e. The van der Waals surface area contributed by atoms with Gasteiger partial charge < -0.3 is 14.7 Å². The van der Waals surface area contributed by atoms with Crippen LogP contribution in [-0.2, 0) is 18.7 Å². The van der Waals surface area contributed by atoms with Crippen LogP contribution in [0.25, 0.3) is 0 Å². The molecule has 0 aromatic heterocycles. The molecule has 0 fully saturated rings. The van der Waals surface area contributed by atoms with Crippen LogP contribution in [0, 0.1) is 5.82 Å². The van der Waals surface area contributed by atoms with Gasteiger partial charge in [-0.15, -0.1) is 0 Å². The average Bonchev–Trinajstić information content (AvgIpc) is 2.76. The number of halogens is 1. The predicted molar refractivity (Wildman–Crippen MR) is 101 cm³/mol. The van der Waals surface area contributed by atoms with Gasteiger partial charge >= 0.3 is 0 Å². The highest BCUT2D eigenvalue weighted by atomic mass is 19.1. The van der Waals surface area contributed by atoms with Crippen LogP contribution in [0.15, 0.2) is 42.5 Å². The van der Waals surface area contributed by atoms with E-state index < -0.39 is 5.60 Å². The van der Waals surface area contributed by atoms with Gasteiger partial charge in [0.15, 0.2) is 0 Å². The van der Waals surface area contributed by atoms with Gasteiger partial charge in [0.1, 0.15) is 18.2 Å². The molecule has 4 nitrogen and oxygen atoms in total. The van der Waals surface area contributed by atoms with Crippen LogP contribution < -0.4 is 4.74 Å². The molecule has 3 rings (SSSR count). The zero-order valence-electron chi connectivity index (χ0n) is 15.7. The fourth-order valence-corrected chi connectivity index (χ4v) is 3.49. The minimum absolute atomic E-state index is 0.180. The molecule has 1 heterocycles. The molecule has 0 saturated carbocycles. The first-order valence-corrected chi connectivity index (χ1v) is 8.94. The van der Waals surface area contributed by atoms with Crippen molar-refractivity contribution >= 4 is 0 Å². The molecule has 2 aromatic rings. The van der Waals surface area contributed by atoms with Crippen molar-refractivity contribution in [3.8, 4) is 5.75 Å². The maximum Gasteiger partial charge on any atom is 0.127 e. The first-order valence-electron chi connectivity index (χ1n) is 8.94. The largest absolute Gasteiger partial charge is 0.492 e. The van der Waals surface area contributed by atoms with E-state index in [1.54, 1.807) is 6.07 Å². The third-order valence-electron chi connectivity index (χ3n) is 4.72. The third-order valence-corrected chi connectivity index (χ3v) is 4.72. The fourth-order valence-electron chi connectivity index (χ4n) is 3.49. The zero-order valence-corrected chi connectivity index (χ0v) is 15.7. The number of hydrogen-bond acceptors (Lipinski definition) is 4. The summed E-state index contributed by atoms with van der Waals surface area (Å²) in [6.45, 7) is 4.85. The number of benzene rings is 2. The van der Waals surface area contributed by atoms with E-state index in [-0.39, 0.29) is 5.82 Å². The summed E-state index contributed by atoms with van der Waals surface area (Å²) in [5.74, 6) is 0.658. The summed E-state index contributed by atoms with van der Waals surface area (Å²) in [5, 5.41) is 10.8. The summed E-state index contributed by atoms with van der Waals surface area (Å²) in [6.07, 6.45) is 0. The van der Waals surface area contributed by atoms with Gasteiger partial charge in [-0.05, 0) is 44.8 Å². The van der Waals surface area contributed by atoms with E-state index >= 15 is 0 Å². The van der Waals surface area contributed by atoms with E-state index in [1.165, 1.54) is 6.07 Å². The normalized spacial score (nSPS) is 17.3. The number of hydrogen-bond donors (Lipinski definition) is 1. The number of fused-ring (bicyclic) bond motifs is 1. The molecular weight excluding hydrogens is 331 g/mol. The van der Waals surface area contributed by atoms with Crippen LogP contribution >= 0.6 is 0 Å². The maximum absolute atomic E-state index is 14.0. The Kier molecular flexibility index (Phi) is 5.61. The second kappa shape index (κ2) is 7.74. The van der Waals surface area contributed by atoms with E-state index in [4.69, 9.17) is 4.74 Å². The van der Waals surface area contributed by atoms with E-state index in [2.05, 4.69) is 4.90 Å². The number of rotatable bonds is 5. The smallest absolute Gasteiger partial charge is 0.127 e. The molecule has 0 amide bonds. The minimum atomic E-state index is -0.943. The fraction of sp³-hybridized carbons (Fsp3) is 0.429. The molecule has 1 aliphatic heterocycles. The van der Waals surface area contributed by atoms with Gasteiger partial charge in [-0.2, -0.15) is 0 Å². The van der Waals surface area contributed by atoms with Crippen molar-refractivity contribution in [3.05, 3.63) is 65.0 Å². The predicted octanol–water partition coefficient (Wildman–Crippen LogP) is 2.99. The lowest BCUT2D eigenvalue weighted by atomic mass is 9.93. The van der Waals surface area contributed by atoms with Crippen molar-refractivity contribution < 1.29 is 14.2 Å². The quantitative estimate of drug-likeness (QED) is 0.891. The lowest BCUT2D eigenvalue weighted by Crippen LogP contribution is -2.34. The highest BCUT2D eigenvalue weighted by molar-refractivity contribution is 5.40. The van der Waals surface area contributed by atoms with Gasteiger partial charge in [0.05, 0.1) is 5.60 Å². The van der Waals surface area contributed by atoms with Crippen molar-refractivity contribution in [1.82, 2.24) is 9.80 Å². The first-order chi connectivity index (χ1) is 12.3. The van der Waals surface area contributed by atoms with E-state index in [0.29, 0.717) is 31.8 Å². The number of nitrogens with zero attached hydrogens (tertiary/aromatic N) is 2. The van der Waals surface area contributed by atoms with Crippen LogP contribution in [0.1, 0.15) is 23.6 Å². The Balaban J connectivity index is 1.82. The molecule has 0 radical (unpaired) electrons. The molecule has 1 aliphatic rings. The summed E-state index contributed by atoms with van der Waals surface area (Å²) in [6, 6.07) is 12.7. The monoisotopic (exact) mass is 358 g/mol. The van der Waals surface area contributed by atoms with Crippen LogP contribution in [-0.4, -0.2) is 48.7 Å². The second-order valence-corrected chi connectivity index (χ2v) is 7.48. The maximum atomic E-state index is 14.0. The highest BCUT2D eigenvalue weighted by Gasteiger charge is 2.26. The molecule has 0 saturated heterocycles. The van der Waals surface area contributed by atoms with Crippen LogP contribution in [0.3, 0.4) is 0 Å². The van der Waals surface area contributed by atoms with Crippen molar-refractivity contribution in [2.45, 2.75) is 25.6 Å². The van der Waals surface area contributed by atoms with E-state index in [0.717, 1.165) is 23.4 Å². The third kappa shape index (κ3) is 4.41. The Hall–Kier alpha value is -1.95. The summed E-state index contributed by atoms with van der Waals surface area (Å²) in [4.78, 5) is 4.14. The molecule has 0 aliphatic carbocycles. The van der Waals surface area contributed by atoms with Gasteiger partial charge in [-0.25, -0.2) is 4.39 Å². The van der Waals surface area contributed by atoms with Gasteiger partial charge in [-0.3, -0.25) is 4.90 Å². The molecule has 0 bridgehead atoms. The Morgan fingerprint density at radius 3 is 2.73 bits per heavy atom. The van der Waals surface area contributed by atoms with Crippen LogP contribution in [0.5, 0.6) is 5.75 Å². The second-order valence-electron chi connectivity index (χ2n) is 7.48. The SMILES string of the molecule is CN(C)CC(C)(O)c1ccc2c(c1)CN(Cc1ccccc1F)CCO2. The van der Waals surface area contributed by atoms with Crippen LogP contribution in [0.2, 0.25) is 0 Å². The molecule has 2 aromatic carbocycles. The standard InChI is InChI=1S/C21H27FN2O2/c1-21(25,15-23(2)3)18-8-9-20-17(12-18)14-24(10-11-26-20)13-16-6-4-5-7-19(16)22/h4-9,12,25H,10-11,13-15H2,1-3H3. The molecule has 140 valence electrons. The summed E-state index contributed by atoms with van der Waals surface area (Å²) < 4.78 is 19.9. The van der Waals surface area contributed by atoms with E-state index in [1.807, 2.05) is 56.3 Å². The average molecular weight is 358 g/mol. The Morgan fingerprint density at radius 2 is 2.00 bits per heavy atom. The number of ether oxygens (including phenoxy) is 1. The lowest BCUT2D eigenvalue weighted by Gasteiger charge is -2.28. The zero-order chi connectivity index (χ0) is 18.7. The highest BCUT2D eigenvalue weighted by Crippen LogP contribution is 2.30. The van der Waals surface area contributed by atoms with Gasteiger partial charge in [0.25, 0.3) is 0 Å². The van der Waals surface area contributed by atoms with Gasteiger partial charge in [-0.1, -0.05) is 24.3 Å². The molecular formula is C21H27FN2O2. The molecule has 0 spiro atoms. The van der Waals surface area contributed by atoms with Gasteiger partial charge in [0, 0.05) is 37.3 Å². The summed E-state index contributed by atoms with van der Waals surface area (Å²) in [7, 11) is 3.88. The number of likely N-dealkylation sites (N-methyl/N-ethyl adjacent to an activating group) is 1. The van der Waals surface area contributed by atoms with Crippen molar-refractivity contribution in [2.24, 2.45) is 0 Å². The molecule has 1 unspecified atom stereocenters. The Bertz CT molecular complexity index is 761. The lowest BCUT2D eigenvalue weighted by molar-refractivity contribution is 0.0299. The topological polar surface area (TPSA) is 35.9 Å². The van der Waals surface area contributed by atoms with Crippen LogP contribution in [0.4, 0.5) is 4.39 Å². The first kappa shape index (κ1) is 18.8. The Labute approximate surface area is 154 Å². The van der Waals surface area contributed by atoms with Crippen molar-refractivity contribution in [3.63, 3.8) is 0 Å². The van der Waals surface area contributed by atoms with Gasteiger partial charge in [0.2, 0.25) is 0 Å². The van der Waals surface area contributed by atoms with Crippen molar-refractivity contribution in [1.29, 1.82) is 0 Å². The molecule has 1 N–H and O–H groups in total. The molecule has 26 heavy (non-hydrogen) atoms. The summed E-state index contributed by atoms with van der Waals surface area (Å²) in [5.41, 5.74) is 1.63. The number of aliphatic hydroxyl groups is 1. The molecule has 5 heteroatoms. The Morgan fingerprint density at radius 1 is 1.23 bits per heavy atom. The summed E-state index contributed by atoms with van der Waals surface area (Å²) >= 11 is 0. The molecule has 1 atom stereocenters.